The SMILES string of the molecule is CCOc1ccccc1Cc1ccc([C@@H]2CCCN(C(=O)CN3CCOCC3)C2)nc1. The van der Waals surface area contributed by atoms with Crippen molar-refractivity contribution in [2.24, 2.45) is 0 Å². The van der Waals surface area contributed by atoms with Crippen LogP contribution in [0.1, 0.15) is 42.5 Å². The number of carbonyl (C=O) groups is 1. The molecule has 2 saturated heterocycles. The molecule has 0 unspecified atom stereocenters. The molecule has 6 nitrogen and oxygen atoms in total. The monoisotopic (exact) mass is 423 g/mol. The molecule has 31 heavy (non-hydrogen) atoms. The summed E-state index contributed by atoms with van der Waals surface area (Å²) in [6, 6.07) is 12.5. The van der Waals surface area contributed by atoms with E-state index in [-0.39, 0.29) is 5.91 Å². The Kier molecular flexibility index (Phi) is 7.54. The van der Waals surface area contributed by atoms with Gasteiger partial charge >= 0.3 is 0 Å². The van der Waals surface area contributed by atoms with Gasteiger partial charge in [0.1, 0.15) is 5.75 Å². The van der Waals surface area contributed by atoms with Gasteiger partial charge in [-0.1, -0.05) is 24.3 Å². The van der Waals surface area contributed by atoms with E-state index < -0.39 is 0 Å². The first kappa shape index (κ1) is 21.8. The third-order valence-electron chi connectivity index (χ3n) is 6.17. The molecule has 0 bridgehead atoms. The third-order valence-corrected chi connectivity index (χ3v) is 6.17. The van der Waals surface area contributed by atoms with Crippen LogP contribution in [0.25, 0.3) is 0 Å². The minimum absolute atomic E-state index is 0.232. The highest BCUT2D eigenvalue weighted by Gasteiger charge is 2.27. The minimum atomic E-state index is 0.232. The summed E-state index contributed by atoms with van der Waals surface area (Å²) in [5.74, 6) is 1.48. The normalized spacial score (nSPS) is 19.9. The smallest absolute Gasteiger partial charge is 0.236 e. The van der Waals surface area contributed by atoms with Gasteiger partial charge in [0.2, 0.25) is 5.91 Å². The summed E-state index contributed by atoms with van der Waals surface area (Å²) in [5.41, 5.74) is 3.44. The second-order valence-corrected chi connectivity index (χ2v) is 8.38. The van der Waals surface area contributed by atoms with Crippen LogP contribution in [0.3, 0.4) is 0 Å². The van der Waals surface area contributed by atoms with Crippen LogP contribution in [0, 0.1) is 0 Å². The van der Waals surface area contributed by atoms with E-state index in [0.717, 1.165) is 70.1 Å². The molecule has 2 aliphatic rings. The Balaban J connectivity index is 1.35. The highest BCUT2D eigenvalue weighted by molar-refractivity contribution is 5.78. The zero-order valence-corrected chi connectivity index (χ0v) is 18.5. The van der Waals surface area contributed by atoms with Crippen LogP contribution in [0.15, 0.2) is 42.6 Å². The van der Waals surface area contributed by atoms with Gasteiger partial charge in [-0.3, -0.25) is 14.7 Å². The number of aromatic nitrogens is 1. The summed E-state index contributed by atoms with van der Waals surface area (Å²) < 4.78 is 11.1. The van der Waals surface area contributed by atoms with Crippen molar-refractivity contribution in [3.63, 3.8) is 0 Å². The van der Waals surface area contributed by atoms with Crippen molar-refractivity contribution >= 4 is 5.91 Å². The molecule has 1 atom stereocenters. The van der Waals surface area contributed by atoms with Crippen molar-refractivity contribution in [3.8, 4) is 5.75 Å². The molecule has 2 aliphatic heterocycles. The van der Waals surface area contributed by atoms with Gasteiger partial charge in [0.05, 0.1) is 26.4 Å². The van der Waals surface area contributed by atoms with Crippen LogP contribution in [-0.4, -0.2) is 73.2 Å². The number of hydrogen-bond donors (Lipinski definition) is 0. The number of piperidine rings is 1. The molecule has 0 saturated carbocycles. The highest BCUT2D eigenvalue weighted by atomic mass is 16.5. The van der Waals surface area contributed by atoms with Crippen LogP contribution >= 0.6 is 0 Å². The van der Waals surface area contributed by atoms with Crippen molar-refractivity contribution in [3.05, 3.63) is 59.4 Å². The van der Waals surface area contributed by atoms with Gasteiger partial charge in [-0.25, -0.2) is 0 Å². The summed E-state index contributed by atoms with van der Waals surface area (Å²) in [6.07, 6.45) is 4.90. The molecule has 1 aromatic carbocycles. The number of benzene rings is 1. The highest BCUT2D eigenvalue weighted by Crippen LogP contribution is 2.27. The molecule has 4 rings (SSSR count). The lowest BCUT2D eigenvalue weighted by atomic mass is 9.93. The van der Waals surface area contributed by atoms with Gasteiger partial charge in [0.15, 0.2) is 0 Å². The Morgan fingerprint density at radius 1 is 1.16 bits per heavy atom. The number of para-hydroxylation sites is 1. The number of pyridine rings is 1. The average Bonchev–Trinajstić information content (AvgIpc) is 2.82. The van der Waals surface area contributed by atoms with Crippen molar-refractivity contribution in [2.75, 3.05) is 52.5 Å². The lowest BCUT2D eigenvalue weighted by Gasteiger charge is -2.35. The molecule has 2 fully saturated rings. The molecule has 166 valence electrons. The molecular formula is C25H33N3O3. The predicted molar refractivity (Wildman–Crippen MR) is 120 cm³/mol. The summed E-state index contributed by atoms with van der Waals surface area (Å²) >= 11 is 0. The van der Waals surface area contributed by atoms with Crippen LogP contribution in [0.5, 0.6) is 5.75 Å². The maximum absolute atomic E-state index is 12.8. The molecule has 1 amide bonds. The summed E-state index contributed by atoms with van der Waals surface area (Å²) in [6.45, 7) is 7.93. The average molecular weight is 424 g/mol. The number of morpholine rings is 1. The lowest BCUT2D eigenvalue weighted by Crippen LogP contribution is -2.47. The van der Waals surface area contributed by atoms with Gasteiger partial charge in [0, 0.05) is 50.4 Å². The second-order valence-electron chi connectivity index (χ2n) is 8.38. The van der Waals surface area contributed by atoms with E-state index in [1.54, 1.807) is 0 Å². The number of carbonyl (C=O) groups excluding carboxylic acids is 1. The van der Waals surface area contributed by atoms with Crippen molar-refractivity contribution in [1.82, 2.24) is 14.8 Å². The maximum atomic E-state index is 12.8. The fourth-order valence-electron chi connectivity index (χ4n) is 4.44. The Morgan fingerprint density at radius 3 is 2.77 bits per heavy atom. The molecule has 6 heteroatoms. The minimum Gasteiger partial charge on any atom is -0.494 e. The number of ether oxygens (including phenoxy) is 2. The Hall–Kier alpha value is -2.44. The predicted octanol–water partition coefficient (Wildman–Crippen LogP) is 3.11. The Bertz CT molecular complexity index is 849. The molecular weight excluding hydrogens is 390 g/mol. The van der Waals surface area contributed by atoms with Crippen LogP contribution in [0.2, 0.25) is 0 Å². The molecule has 0 radical (unpaired) electrons. The number of likely N-dealkylation sites (tertiary alicyclic amines) is 1. The molecule has 0 N–H and O–H groups in total. The summed E-state index contributed by atoms with van der Waals surface area (Å²) in [7, 11) is 0. The first-order chi connectivity index (χ1) is 15.2. The van der Waals surface area contributed by atoms with E-state index in [0.29, 0.717) is 19.1 Å². The van der Waals surface area contributed by atoms with E-state index in [1.807, 2.05) is 36.2 Å². The zero-order chi connectivity index (χ0) is 21.5. The first-order valence-corrected chi connectivity index (χ1v) is 11.5. The van der Waals surface area contributed by atoms with E-state index in [4.69, 9.17) is 14.5 Å². The van der Waals surface area contributed by atoms with E-state index in [1.165, 1.54) is 11.1 Å². The second kappa shape index (κ2) is 10.7. The molecule has 3 heterocycles. The van der Waals surface area contributed by atoms with Gasteiger partial charge in [-0.2, -0.15) is 0 Å². The Morgan fingerprint density at radius 2 is 2.00 bits per heavy atom. The van der Waals surface area contributed by atoms with E-state index >= 15 is 0 Å². The number of nitrogens with zero attached hydrogens (tertiary/aromatic N) is 3. The number of hydrogen-bond acceptors (Lipinski definition) is 5. The number of amides is 1. The quantitative estimate of drug-likeness (QED) is 0.685. The van der Waals surface area contributed by atoms with Gasteiger partial charge < -0.3 is 14.4 Å². The van der Waals surface area contributed by atoms with Gasteiger partial charge in [0.25, 0.3) is 0 Å². The third kappa shape index (κ3) is 5.83. The summed E-state index contributed by atoms with van der Waals surface area (Å²) in [4.78, 5) is 21.8. The molecule has 2 aromatic rings. The zero-order valence-electron chi connectivity index (χ0n) is 18.5. The van der Waals surface area contributed by atoms with Gasteiger partial charge in [-0.05, 0) is 43.0 Å². The molecule has 1 aromatic heterocycles. The van der Waals surface area contributed by atoms with Crippen LogP contribution in [0.4, 0.5) is 0 Å². The van der Waals surface area contributed by atoms with Crippen molar-refractivity contribution in [2.45, 2.75) is 32.1 Å². The van der Waals surface area contributed by atoms with Crippen molar-refractivity contribution < 1.29 is 14.3 Å². The van der Waals surface area contributed by atoms with Crippen LogP contribution in [-0.2, 0) is 16.0 Å². The van der Waals surface area contributed by atoms with Crippen molar-refractivity contribution in [1.29, 1.82) is 0 Å². The maximum Gasteiger partial charge on any atom is 0.236 e. The number of rotatable bonds is 7. The fraction of sp³-hybridized carbons (Fsp3) is 0.520. The summed E-state index contributed by atoms with van der Waals surface area (Å²) in [5, 5.41) is 0. The van der Waals surface area contributed by atoms with Gasteiger partial charge in [-0.15, -0.1) is 0 Å². The van der Waals surface area contributed by atoms with E-state index in [2.05, 4.69) is 23.1 Å². The molecule has 0 aliphatic carbocycles. The fourth-order valence-corrected chi connectivity index (χ4v) is 4.44. The van der Waals surface area contributed by atoms with Crippen LogP contribution < -0.4 is 4.74 Å². The first-order valence-electron chi connectivity index (χ1n) is 11.5. The topological polar surface area (TPSA) is 54.9 Å². The lowest BCUT2D eigenvalue weighted by molar-refractivity contribution is -0.134. The molecule has 0 spiro atoms. The van der Waals surface area contributed by atoms with E-state index in [9.17, 15) is 4.79 Å². The largest absolute Gasteiger partial charge is 0.494 e. The Labute approximate surface area is 185 Å². The standard InChI is InChI=1S/C25H33N3O3/c1-2-31-24-8-4-3-6-21(24)16-20-9-10-23(26-17-20)22-7-5-11-28(18-22)25(29)19-27-12-14-30-15-13-27/h3-4,6,8-10,17,22H,2,5,7,11-16,18-19H2,1H3/t22-/m1/s1.